The van der Waals surface area contributed by atoms with E-state index in [-0.39, 0.29) is 0 Å². The summed E-state index contributed by atoms with van der Waals surface area (Å²) in [7, 11) is 1.64. The van der Waals surface area contributed by atoms with Crippen LogP contribution in [0.4, 0.5) is 0 Å². The van der Waals surface area contributed by atoms with Crippen LogP contribution in [-0.2, 0) is 0 Å². The Morgan fingerprint density at radius 2 is 1.73 bits per heavy atom. The molecule has 0 aliphatic heterocycles. The number of benzene rings is 2. The van der Waals surface area contributed by atoms with Crippen LogP contribution in [0.15, 0.2) is 60.7 Å². The van der Waals surface area contributed by atoms with Crippen molar-refractivity contribution in [1.82, 2.24) is 19.8 Å². The lowest BCUT2D eigenvalue weighted by atomic mass is 10.1. The predicted molar refractivity (Wildman–Crippen MR) is 99.4 cm³/mol. The number of para-hydroxylation sites is 1. The van der Waals surface area contributed by atoms with Crippen molar-refractivity contribution in [3.05, 3.63) is 60.7 Å². The maximum Gasteiger partial charge on any atom is 0.189 e. The molecule has 0 saturated heterocycles. The second-order valence-electron chi connectivity index (χ2n) is 5.67. The van der Waals surface area contributed by atoms with Crippen LogP contribution in [0, 0.1) is 0 Å². The molecule has 0 aliphatic carbocycles. The smallest absolute Gasteiger partial charge is 0.189 e. The summed E-state index contributed by atoms with van der Waals surface area (Å²) in [5, 5.41) is 13.2. The Kier molecular flexibility index (Phi) is 4.23. The standard InChI is InChI=1S/C20H18N4O2/c1-3-26-15-10-8-14(9-11-15)17-12-13-19-21-22-20(24(19)23-17)16-6-4-5-7-18(16)25-2/h4-13H,3H2,1-2H3. The fraction of sp³-hybridized carbons (Fsp3) is 0.150. The molecule has 6 nitrogen and oxygen atoms in total. The Morgan fingerprint density at radius 1 is 0.923 bits per heavy atom. The molecular weight excluding hydrogens is 328 g/mol. The first-order chi connectivity index (χ1) is 12.8. The van der Waals surface area contributed by atoms with Crippen LogP contribution < -0.4 is 9.47 Å². The number of aromatic nitrogens is 4. The molecule has 0 saturated carbocycles. The van der Waals surface area contributed by atoms with Gasteiger partial charge in [-0.25, -0.2) is 0 Å². The van der Waals surface area contributed by atoms with Crippen molar-refractivity contribution in [3.63, 3.8) is 0 Å². The molecule has 0 fully saturated rings. The van der Waals surface area contributed by atoms with E-state index in [2.05, 4.69) is 10.2 Å². The lowest BCUT2D eigenvalue weighted by molar-refractivity contribution is 0.340. The lowest BCUT2D eigenvalue weighted by Gasteiger charge is -2.07. The molecule has 2 aromatic carbocycles. The van der Waals surface area contributed by atoms with Gasteiger partial charge in [0.05, 0.1) is 25.0 Å². The molecule has 2 heterocycles. The molecule has 0 amide bonds. The van der Waals surface area contributed by atoms with E-state index in [4.69, 9.17) is 14.6 Å². The van der Waals surface area contributed by atoms with E-state index < -0.39 is 0 Å². The second kappa shape index (κ2) is 6.84. The van der Waals surface area contributed by atoms with Crippen LogP contribution >= 0.6 is 0 Å². The van der Waals surface area contributed by atoms with E-state index in [1.807, 2.05) is 67.6 Å². The Morgan fingerprint density at radius 3 is 2.50 bits per heavy atom. The molecule has 0 N–H and O–H groups in total. The highest BCUT2D eigenvalue weighted by Crippen LogP contribution is 2.29. The number of methoxy groups -OCH3 is 1. The van der Waals surface area contributed by atoms with Crippen LogP contribution in [0.1, 0.15) is 6.92 Å². The van der Waals surface area contributed by atoms with Gasteiger partial charge in [-0.05, 0) is 55.5 Å². The Labute approximate surface area is 151 Å². The van der Waals surface area contributed by atoms with Crippen molar-refractivity contribution in [2.45, 2.75) is 6.92 Å². The van der Waals surface area contributed by atoms with Gasteiger partial charge in [0, 0.05) is 5.56 Å². The highest BCUT2D eigenvalue weighted by molar-refractivity contribution is 5.67. The van der Waals surface area contributed by atoms with E-state index in [9.17, 15) is 0 Å². The topological polar surface area (TPSA) is 61.5 Å². The van der Waals surface area contributed by atoms with Crippen molar-refractivity contribution in [2.75, 3.05) is 13.7 Å². The molecule has 4 aromatic rings. The van der Waals surface area contributed by atoms with Crippen LogP contribution in [0.5, 0.6) is 11.5 Å². The fourth-order valence-corrected chi connectivity index (χ4v) is 2.83. The zero-order valence-electron chi connectivity index (χ0n) is 14.6. The minimum absolute atomic E-state index is 0.644. The molecule has 6 heteroatoms. The third kappa shape index (κ3) is 2.86. The average Bonchev–Trinajstić information content (AvgIpc) is 3.12. The van der Waals surface area contributed by atoms with Crippen molar-refractivity contribution in [1.29, 1.82) is 0 Å². The quantitative estimate of drug-likeness (QED) is 0.549. The molecule has 0 atom stereocenters. The van der Waals surface area contributed by atoms with Gasteiger partial charge in [0.2, 0.25) is 0 Å². The summed E-state index contributed by atoms with van der Waals surface area (Å²) in [5.74, 6) is 2.22. The highest BCUT2D eigenvalue weighted by Gasteiger charge is 2.14. The van der Waals surface area contributed by atoms with Gasteiger partial charge in [-0.1, -0.05) is 12.1 Å². The SMILES string of the molecule is CCOc1ccc(-c2ccc3nnc(-c4ccccc4OC)n3n2)cc1. The van der Waals surface area contributed by atoms with Gasteiger partial charge >= 0.3 is 0 Å². The maximum absolute atomic E-state index is 5.50. The van der Waals surface area contributed by atoms with E-state index in [0.717, 1.165) is 28.3 Å². The van der Waals surface area contributed by atoms with Crippen LogP contribution in [-0.4, -0.2) is 33.5 Å². The lowest BCUT2D eigenvalue weighted by Crippen LogP contribution is -1.98. The third-order valence-corrected chi connectivity index (χ3v) is 4.07. The summed E-state index contributed by atoms with van der Waals surface area (Å²) in [6.07, 6.45) is 0. The maximum atomic E-state index is 5.50. The van der Waals surface area contributed by atoms with Crippen LogP contribution in [0.2, 0.25) is 0 Å². The molecular formula is C20H18N4O2. The van der Waals surface area contributed by atoms with Crippen molar-refractivity contribution in [3.8, 4) is 34.1 Å². The Balaban J connectivity index is 1.79. The third-order valence-electron chi connectivity index (χ3n) is 4.07. The van der Waals surface area contributed by atoms with Gasteiger partial charge in [-0.15, -0.1) is 10.2 Å². The Bertz CT molecular complexity index is 1040. The van der Waals surface area contributed by atoms with E-state index in [1.54, 1.807) is 11.6 Å². The van der Waals surface area contributed by atoms with E-state index >= 15 is 0 Å². The summed E-state index contributed by atoms with van der Waals surface area (Å²) in [5.41, 5.74) is 3.35. The molecule has 0 radical (unpaired) electrons. The highest BCUT2D eigenvalue weighted by atomic mass is 16.5. The van der Waals surface area contributed by atoms with Gasteiger partial charge in [0.15, 0.2) is 11.5 Å². The van der Waals surface area contributed by atoms with Crippen molar-refractivity contribution < 1.29 is 9.47 Å². The van der Waals surface area contributed by atoms with Gasteiger partial charge in [0.1, 0.15) is 11.5 Å². The summed E-state index contributed by atoms with van der Waals surface area (Å²) >= 11 is 0. The van der Waals surface area contributed by atoms with Crippen LogP contribution in [0.3, 0.4) is 0 Å². The number of hydrogen-bond acceptors (Lipinski definition) is 5. The first kappa shape index (κ1) is 16.1. The van der Waals surface area contributed by atoms with Crippen molar-refractivity contribution in [2.24, 2.45) is 0 Å². The van der Waals surface area contributed by atoms with E-state index in [1.165, 1.54) is 0 Å². The number of nitrogens with zero attached hydrogens (tertiary/aromatic N) is 4. The predicted octanol–water partition coefficient (Wildman–Crippen LogP) is 3.87. The summed E-state index contributed by atoms with van der Waals surface area (Å²) in [6, 6.07) is 19.4. The zero-order chi connectivity index (χ0) is 17.9. The summed E-state index contributed by atoms with van der Waals surface area (Å²) in [6.45, 7) is 2.61. The zero-order valence-corrected chi connectivity index (χ0v) is 14.6. The summed E-state index contributed by atoms with van der Waals surface area (Å²) < 4.78 is 12.7. The molecule has 0 bridgehead atoms. The normalized spacial score (nSPS) is 10.8. The number of ether oxygens (including phenoxy) is 2. The van der Waals surface area contributed by atoms with Gasteiger partial charge in [-0.3, -0.25) is 0 Å². The van der Waals surface area contributed by atoms with Gasteiger partial charge in [0.25, 0.3) is 0 Å². The van der Waals surface area contributed by atoms with E-state index in [0.29, 0.717) is 18.1 Å². The molecule has 2 aromatic heterocycles. The van der Waals surface area contributed by atoms with Gasteiger partial charge < -0.3 is 9.47 Å². The molecule has 130 valence electrons. The van der Waals surface area contributed by atoms with Crippen molar-refractivity contribution >= 4 is 5.65 Å². The molecule has 0 aliphatic rings. The Hall–Kier alpha value is -3.41. The second-order valence-corrected chi connectivity index (χ2v) is 5.67. The largest absolute Gasteiger partial charge is 0.496 e. The molecule has 0 spiro atoms. The number of hydrogen-bond donors (Lipinski definition) is 0. The monoisotopic (exact) mass is 346 g/mol. The minimum atomic E-state index is 0.644. The molecule has 4 rings (SSSR count). The minimum Gasteiger partial charge on any atom is -0.496 e. The summed E-state index contributed by atoms with van der Waals surface area (Å²) in [4.78, 5) is 0. The molecule has 26 heavy (non-hydrogen) atoms. The number of rotatable bonds is 5. The van der Waals surface area contributed by atoms with Gasteiger partial charge in [-0.2, -0.15) is 9.61 Å². The fourth-order valence-electron chi connectivity index (χ4n) is 2.83. The first-order valence-corrected chi connectivity index (χ1v) is 8.39. The first-order valence-electron chi connectivity index (χ1n) is 8.39. The average molecular weight is 346 g/mol. The molecule has 0 unspecified atom stereocenters. The number of fused-ring (bicyclic) bond motifs is 1. The van der Waals surface area contributed by atoms with Crippen LogP contribution in [0.25, 0.3) is 28.3 Å².